The van der Waals surface area contributed by atoms with Gasteiger partial charge >= 0.3 is 0 Å². The summed E-state index contributed by atoms with van der Waals surface area (Å²) in [6.45, 7) is 12.8. The molecule has 11 heteroatoms. The number of likely N-dealkylation sites (tertiary alicyclic amines) is 2. The molecule has 4 saturated heterocycles. The van der Waals surface area contributed by atoms with Crippen molar-refractivity contribution in [3.8, 4) is 0 Å². The van der Waals surface area contributed by atoms with Crippen LogP contribution in [0.4, 0.5) is 8.78 Å². The number of ether oxygens (including phenoxy) is 1. The molecule has 3 amide bonds. The second-order valence-electron chi connectivity index (χ2n) is 16.1. The molecule has 0 aromatic heterocycles. The maximum atomic E-state index is 15.4. The van der Waals surface area contributed by atoms with Gasteiger partial charge in [0.05, 0.1) is 12.0 Å². The fourth-order valence-electron chi connectivity index (χ4n) is 8.78. The largest absolute Gasteiger partial charge is 0.368 e. The number of halogens is 2. The van der Waals surface area contributed by atoms with E-state index in [9.17, 15) is 18.8 Å². The fraction of sp³-hybridized carbons (Fsp3) is 0.757. The van der Waals surface area contributed by atoms with Crippen molar-refractivity contribution in [2.75, 3.05) is 59.5 Å². The summed E-state index contributed by atoms with van der Waals surface area (Å²) < 4.78 is 35.3. The zero-order chi connectivity index (χ0) is 34.3. The molecule has 0 bridgehead atoms. The van der Waals surface area contributed by atoms with E-state index >= 15 is 4.39 Å². The van der Waals surface area contributed by atoms with Gasteiger partial charge in [0.25, 0.3) is 5.91 Å². The summed E-state index contributed by atoms with van der Waals surface area (Å²) >= 11 is 0. The molecule has 0 unspecified atom stereocenters. The summed E-state index contributed by atoms with van der Waals surface area (Å²) in [5, 5.41) is 0. The Bertz CT molecular complexity index is 1330. The van der Waals surface area contributed by atoms with Crippen molar-refractivity contribution in [1.29, 1.82) is 0 Å². The van der Waals surface area contributed by atoms with Gasteiger partial charge in [0.1, 0.15) is 23.8 Å². The highest BCUT2D eigenvalue weighted by Gasteiger charge is 2.52. The molecule has 9 nitrogen and oxygen atoms in total. The number of hydrogen-bond acceptors (Lipinski definition) is 6. The lowest BCUT2D eigenvalue weighted by Crippen LogP contribution is -2.54. The van der Waals surface area contributed by atoms with Gasteiger partial charge < -0.3 is 24.3 Å². The summed E-state index contributed by atoms with van der Waals surface area (Å²) in [4.78, 5) is 53.6. The summed E-state index contributed by atoms with van der Waals surface area (Å²) in [5.74, 6) is -2.10. The van der Waals surface area contributed by atoms with Gasteiger partial charge in [-0.05, 0) is 90.3 Å². The van der Waals surface area contributed by atoms with E-state index in [1.54, 1.807) is 4.90 Å². The van der Waals surface area contributed by atoms with Crippen LogP contribution in [0, 0.1) is 23.5 Å². The van der Waals surface area contributed by atoms with Crippen LogP contribution >= 0.6 is 0 Å². The maximum absolute atomic E-state index is 15.4. The predicted molar refractivity (Wildman–Crippen MR) is 179 cm³/mol. The Labute approximate surface area is 284 Å². The lowest BCUT2D eigenvalue weighted by Gasteiger charge is -2.41. The van der Waals surface area contributed by atoms with Crippen LogP contribution in [0.15, 0.2) is 18.2 Å². The van der Waals surface area contributed by atoms with Crippen LogP contribution in [0.1, 0.15) is 84.1 Å². The summed E-state index contributed by atoms with van der Waals surface area (Å²) in [7, 11) is 2.04. The Morgan fingerprint density at radius 3 is 2.23 bits per heavy atom. The lowest BCUT2D eigenvalue weighted by atomic mass is 9.85. The van der Waals surface area contributed by atoms with Crippen LogP contribution in [0.2, 0.25) is 0 Å². The first-order chi connectivity index (χ1) is 22.8. The Morgan fingerprint density at radius 1 is 0.896 bits per heavy atom. The van der Waals surface area contributed by atoms with E-state index in [4.69, 9.17) is 4.74 Å². The zero-order valence-electron chi connectivity index (χ0n) is 29.5. The van der Waals surface area contributed by atoms with Crippen molar-refractivity contribution >= 4 is 17.7 Å². The number of nitrogens with zero attached hydrogens (tertiary/aromatic N) is 5. The van der Waals surface area contributed by atoms with E-state index < -0.39 is 35.6 Å². The number of piperazine rings is 1. The Morgan fingerprint density at radius 2 is 1.60 bits per heavy atom. The highest BCUT2D eigenvalue weighted by Crippen LogP contribution is 2.41. The van der Waals surface area contributed by atoms with E-state index in [0.717, 1.165) is 51.3 Å². The quantitative estimate of drug-likeness (QED) is 0.454. The smallest absolute Gasteiger partial charge is 0.252 e. The third kappa shape index (κ3) is 7.29. The van der Waals surface area contributed by atoms with E-state index in [2.05, 4.69) is 37.5 Å². The van der Waals surface area contributed by atoms with Gasteiger partial charge in [0.2, 0.25) is 11.8 Å². The zero-order valence-corrected chi connectivity index (χ0v) is 29.5. The molecule has 4 heterocycles. The Balaban J connectivity index is 1.34. The van der Waals surface area contributed by atoms with E-state index in [0.29, 0.717) is 57.1 Å². The van der Waals surface area contributed by atoms with Gasteiger partial charge in [-0.15, -0.1) is 0 Å². The first kappa shape index (κ1) is 35.2. The van der Waals surface area contributed by atoms with E-state index in [-0.39, 0.29) is 41.9 Å². The maximum Gasteiger partial charge on any atom is 0.252 e. The molecular formula is C37H55F2N5O4. The molecule has 5 atom stereocenters. The third-order valence-electron chi connectivity index (χ3n) is 11.8. The van der Waals surface area contributed by atoms with Crippen LogP contribution < -0.4 is 0 Å². The van der Waals surface area contributed by atoms with Crippen LogP contribution in [0.3, 0.4) is 0 Å². The van der Waals surface area contributed by atoms with E-state index in [1.165, 1.54) is 12.1 Å². The summed E-state index contributed by atoms with van der Waals surface area (Å²) in [6.07, 6.45) is 5.30. The molecule has 1 aromatic carbocycles. The van der Waals surface area contributed by atoms with Gasteiger partial charge in [-0.1, -0.05) is 13.0 Å². The minimum absolute atomic E-state index is 0.0109. The van der Waals surface area contributed by atoms with Gasteiger partial charge in [0, 0.05) is 76.0 Å². The molecule has 1 saturated carbocycles. The molecule has 1 aliphatic carbocycles. The molecule has 6 rings (SSSR count). The van der Waals surface area contributed by atoms with Crippen molar-refractivity contribution < 1.29 is 27.9 Å². The molecular weight excluding hydrogens is 616 g/mol. The lowest BCUT2D eigenvalue weighted by molar-refractivity contribution is -0.148. The number of likely N-dealkylation sites (N-methyl/N-ethyl adjacent to an activating group) is 1. The number of carbonyl (C=O) groups is 3. The monoisotopic (exact) mass is 671 g/mol. The van der Waals surface area contributed by atoms with E-state index in [1.807, 2.05) is 16.8 Å². The molecule has 0 spiro atoms. The highest BCUT2D eigenvalue weighted by atomic mass is 19.1. The third-order valence-corrected chi connectivity index (χ3v) is 11.8. The molecule has 1 aromatic rings. The molecule has 4 aliphatic heterocycles. The predicted octanol–water partition coefficient (Wildman–Crippen LogP) is 4.11. The van der Waals surface area contributed by atoms with Crippen LogP contribution in [-0.4, -0.2) is 131 Å². The Hall–Kier alpha value is -2.63. The average Bonchev–Trinajstić information content (AvgIpc) is 3.82. The molecule has 266 valence electrons. The van der Waals surface area contributed by atoms with Gasteiger partial charge in [-0.3, -0.25) is 19.3 Å². The number of carbonyl (C=O) groups excluding carboxylic acids is 3. The molecule has 48 heavy (non-hydrogen) atoms. The standard InChI is InChI=1S/C37H55F2N5O4/c1-24-8-11-26(12-9-24)44(36(47)33-7-6-18-48-33)27-20-32(35(46)41-16-14-40(5)15-17-41)43(21-27)34(45)30-23-42(37(2,3)4)22-29(30)28-13-10-25(38)19-31(28)39/h10,13,19,24,26-27,29-30,32-33H,6-9,11-12,14-18,20-23H2,1-5H3/t24?,26?,27-,29-,30-,32-,33-/m0/s1. The number of benzene rings is 1. The topological polar surface area (TPSA) is 76.6 Å². The van der Waals surface area contributed by atoms with Crippen molar-refractivity contribution in [1.82, 2.24) is 24.5 Å². The van der Waals surface area contributed by atoms with Gasteiger partial charge in [0.15, 0.2) is 0 Å². The first-order valence-corrected chi connectivity index (χ1v) is 18.2. The number of amides is 3. The molecule has 5 aliphatic rings. The fourth-order valence-corrected chi connectivity index (χ4v) is 8.78. The van der Waals surface area contributed by atoms with Crippen LogP contribution in [0.25, 0.3) is 0 Å². The number of rotatable bonds is 6. The van der Waals surface area contributed by atoms with Crippen molar-refractivity contribution in [2.45, 2.75) is 108 Å². The van der Waals surface area contributed by atoms with Crippen molar-refractivity contribution in [3.05, 3.63) is 35.4 Å². The average molecular weight is 672 g/mol. The van der Waals surface area contributed by atoms with Crippen molar-refractivity contribution in [3.63, 3.8) is 0 Å². The SMILES string of the molecule is CC1CCC(N(C(=O)[C@@H]2CCCO2)[C@H]2C[C@@H](C(=O)N3CCN(C)CC3)N(C(=O)[C@H]3CN(C(C)(C)C)C[C@H]3c3ccc(F)cc3F)C2)CC1. The van der Waals surface area contributed by atoms with Gasteiger partial charge in [-0.2, -0.15) is 0 Å². The number of hydrogen-bond donors (Lipinski definition) is 0. The van der Waals surface area contributed by atoms with Crippen LogP contribution in [-0.2, 0) is 19.1 Å². The highest BCUT2D eigenvalue weighted by molar-refractivity contribution is 5.91. The van der Waals surface area contributed by atoms with Crippen LogP contribution in [0.5, 0.6) is 0 Å². The normalized spacial score (nSPS) is 32.2. The Kier molecular flexibility index (Phi) is 10.5. The summed E-state index contributed by atoms with van der Waals surface area (Å²) in [6, 6.07) is 2.63. The minimum atomic E-state index is -0.712. The molecule has 0 N–H and O–H groups in total. The first-order valence-electron chi connectivity index (χ1n) is 18.2. The van der Waals surface area contributed by atoms with Gasteiger partial charge in [-0.25, -0.2) is 8.78 Å². The second-order valence-corrected chi connectivity index (χ2v) is 16.1. The molecule has 0 radical (unpaired) electrons. The second kappa shape index (κ2) is 14.3. The molecule has 5 fully saturated rings. The summed E-state index contributed by atoms with van der Waals surface area (Å²) in [5.41, 5.74) is 0.0420. The minimum Gasteiger partial charge on any atom is -0.368 e. The van der Waals surface area contributed by atoms with Crippen molar-refractivity contribution in [2.24, 2.45) is 11.8 Å².